The Morgan fingerprint density at radius 1 is 1.33 bits per heavy atom. The van der Waals surface area contributed by atoms with Crippen LogP contribution in [0.1, 0.15) is 11.3 Å². The number of methoxy groups -OCH3 is 1. The van der Waals surface area contributed by atoms with Crippen molar-refractivity contribution in [1.82, 2.24) is 4.57 Å². The van der Waals surface area contributed by atoms with Gasteiger partial charge in [0.1, 0.15) is 4.90 Å². The number of nitrogens with zero attached hydrogens (tertiary/aromatic N) is 1. The molecule has 0 saturated carbocycles. The van der Waals surface area contributed by atoms with Crippen LogP contribution in [0.3, 0.4) is 0 Å². The zero-order chi connectivity index (χ0) is 15.5. The normalized spacial score (nSPS) is 11.6. The Morgan fingerprint density at radius 2 is 2.05 bits per heavy atom. The molecule has 1 aromatic carbocycles. The fourth-order valence-electron chi connectivity index (χ4n) is 2.03. The number of aromatic nitrogens is 1. The number of rotatable bonds is 6. The van der Waals surface area contributed by atoms with Crippen molar-refractivity contribution < 1.29 is 13.2 Å². The molecule has 2 aromatic rings. The number of sulfonamides is 1. The molecule has 0 aliphatic carbocycles. The number of aryl methyl sites for hydroxylation is 1. The van der Waals surface area contributed by atoms with Crippen molar-refractivity contribution in [2.24, 2.45) is 12.8 Å². The molecule has 0 unspecified atom stereocenters. The summed E-state index contributed by atoms with van der Waals surface area (Å²) in [5, 5.41) is 0. The summed E-state index contributed by atoms with van der Waals surface area (Å²) in [5.74, 6) is 0. The second-order valence-corrected chi connectivity index (χ2v) is 6.36. The third-order valence-corrected chi connectivity index (χ3v) is 4.50. The summed E-state index contributed by atoms with van der Waals surface area (Å²) in [7, 11) is -0.318. The Bertz CT molecular complexity index is 723. The summed E-state index contributed by atoms with van der Waals surface area (Å²) in [4.78, 5) is 0.192. The molecule has 0 saturated heterocycles. The quantitative estimate of drug-likeness (QED) is 0.845. The molecule has 114 valence electrons. The highest BCUT2D eigenvalue weighted by Gasteiger charge is 2.18. The highest BCUT2D eigenvalue weighted by atomic mass is 32.2. The first kappa shape index (κ1) is 15.6. The second kappa shape index (κ2) is 6.30. The SMILES string of the molecule is COCc1ccccc1NS(=O)(=O)c1cc(CN)n(C)c1. The van der Waals surface area contributed by atoms with Crippen LogP contribution in [0.5, 0.6) is 0 Å². The van der Waals surface area contributed by atoms with Gasteiger partial charge in [-0.25, -0.2) is 8.42 Å². The van der Waals surface area contributed by atoms with Crippen LogP contribution in [0.25, 0.3) is 0 Å². The predicted octanol–water partition coefficient (Wildman–Crippen LogP) is 1.43. The van der Waals surface area contributed by atoms with Crippen LogP contribution in [-0.4, -0.2) is 20.1 Å². The maximum absolute atomic E-state index is 12.4. The summed E-state index contributed by atoms with van der Waals surface area (Å²) in [6, 6.07) is 8.70. The smallest absolute Gasteiger partial charge is 0.263 e. The molecule has 0 spiro atoms. The van der Waals surface area contributed by atoms with Gasteiger partial charge in [0.2, 0.25) is 0 Å². The molecule has 0 aliphatic rings. The highest BCUT2D eigenvalue weighted by molar-refractivity contribution is 7.92. The summed E-state index contributed by atoms with van der Waals surface area (Å²) >= 11 is 0. The lowest BCUT2D eigenvalue weighted by molar-refractivity contribution is 0.185. The van der Waals surface area contributed by atoms with Crippen LogP contribution in [-0.2, 0) is 35.0 Å². The fourth-order valence-corrected chi connectivity index (χ4v) is 3.23. The minimum absolute atomic E-state index is 0.192. The highest BCUT2D eigenvalue weighted by Crippen LogP contribution is 2.21. The summed E-state index contributed by atoms with van der Waals surface area (Å²) in [6.45, 7) is 0.619. The van der Waals surface area contributed by atoms with E-state index in [0.717, 1.165) is 11.3 Å². The summed E-state index contributed by atoms with van der Waals surface area (Å²) in [5.41, 5.74) is 7.61. The molecule has 3 N–H and O–H groups in total. The van der Waals surface area contributed by atoms with Crippen molar-refractivity contribution in [3.05, 3.63) is 47.8 Å². The molecule has 0 radical (unpaired) electrons. The Kier molecular flexibility index (Phi) is 4.66. The van der Waals surface area contributed by atoms with Gasteiger partial charge < -0.3 is 15.0 Å². The number of benzene rings is 1. The molecule has 0 bridgehead atoms. The van der Waals surface area contributed by atoms with E-state index in [1.165, 1.54) is 0 Å². The number of nitrogens with two attached hydrogens (primary N) is 1. The van der Waals surface area contributed by atoms with Crippen molar-refractivity contribution in [2.75, 3.05) is 11.8 Å². The molecule has 2 rings (SSSR count). The first-order valence-electron chi connectivity index (χ1n) is 6.43. The number of hydrogen-bond donors (Lipinski definition) is 2. The lowest BCUT2D eigenvalue weighted by Crippen LogP contribution is -2.13. The van der Waals surface area contributed by atoms with E-state index in [4.69, 9.17) is 10.5 Å². The zero-order valence-electron chi connectivity index (χ0n) is 12.0. The molecule has 0 aliphatic heterocycles. The van der Waals surface area contributed by atoms with E-state index in [2.05, 4.69) is 4.72 Å². The maximum Gasteiger partial charge on any atom is 0.263 e. The average molecular weight is 309 g/mol. The van der Waals surface area contributed by atoms with E-state index in [-0.39, 0.29) is 11.4 Å². The van der Waals surface area contributed by atoms with Crippen LogP contribution in [0.4, 0.5) is 5.69 Å². The molecule has 1 heterocycles. The molecule has 0 amide bonds. The van der Waals surface area contributed by atoms with E-state index in [9.17, 15) is 8.42 Å². The molecule has 21 heavy (non-hydrogen) atoms. The van der Waals surface area contributed by atoms with Crippen molar-refractivity contribution in [2.45, 2.75) is 18.0 Å². The van der Waals surface area contributed by atoms with Gasteiger partial charge in [-0.3, -0.25) is 4.72 Å². The third-order valence-electron chi connectivity index (χ3n) is 3.16. The maximum atomic E-state index is 12.4. The zero-order valence-corrected chi connectivity index (χ0v) is 12.9. The van der Waals surface area contributed by atoms with Crippen molar-refractivity contribution >= 4 is 15.7 Å². The van der Waals surface area contributed by atoms with Gasteiger partial charge in [0.15, 0.2) is 0 Å². The van der Waals surface area contributed by atoms with E-state index in [1.54, 1.807) is 43.1 Å². The first-order chi connectivity index (χ1) is 9.97. The van der Waals surface area contributed by atoms with Gasteiger partial charge in [-0.05, 0) is 12.1 Å². The lowest BCUT2D eigenvalue weighted by atomic mass is 10.2. The van der Waals surface area contributed by atoms with Crippen LogP contribution < -0.4 is 10.5 Å². The number of ether oxygens (including phenoxy) is 1. The second-order valence-electron chi connectivity index (χ2n) is 4.68. The Balaban J connectivity index is 2.33. The van der Waals surface area contributed by atoms with Crippen LogP contribution in [0.15, 0.2) is 41.4 Å². The van der Waals surface area contributed by atoms with E-state index in [0.29, 0.717) is 12.3 Å². The van der Waals surface area contributed by atoms with Crippen LogP contribution in [0, 0.1) is 0 Å². The van der Waals surface area contributed by atoms with Gasteiger partial charge in [-0.15, -0.1) is 0 Å². The molecular formula is C14H19N3O3S. The van der Waals surface area contributed by atoms with E-state index < -0.39 is 10.0 Å². The first-order valence-corrected chi connectivity index (χ1v) is 7.91. The minimum Gasteiger partial charge on any atom is -0.380 e. The number of anilines is 1. The van der Waals surface area contributed by atoms with Gasteiger partial charge in [-0.1, -0.05) is 18.2 Å². The number of nitrogens with one attached hydrogen (secondary N) is 1. The predicted molar refractivity (Wildman–Crippen MR) is 81.3 cm³/mol. The number of para-hydroxylation sites is 1. The standard InChI is InChI=1S/C14H19N3O3S/c1-17-9-13(7-12(17)8-15)21(18,19)16-14-6-4-3-5-11(14)10-20-2/h3-7,9,16H,8,10,15H2,1-2H3. The number of hydrogen-bond acceptors (Lipinski definition) is 4. The lowest BCUT2D eigenvalue weighted by Gasteiger charge is -2.11. The van der Waals surface area contributed by atoms with Gasteiger partial charge >= 0.3 is 0 Å². The van der Waals surface area contributed by atoms with Crippen molar-refractivity contribution in [1.29, 1.82) is 0 Å². The van der Waals surface area contributed by atoms with Gasteiger partial charge in [0, 0.05) is 38.2 Å². The summed E-state index contributed by atoms with van der Waals surface area (Å²) in [6.07, 6.45) is 1.55. The molecule has 0 atom stereocenters. The Hall–Kier alpha value is -1.83. The Labute approximate surface area is 124 Å². The molecule has 7 heteroatoms. The molecule has 0 fully saturated rings. The van der Waals surface area contributed by atoms with E-state index in [1.807, 2.05) is 12.1 Å². The van der Waals surface area contributed by atoms with Gasteiger partial charge in [-0.2, -0.15) is 0 Å². The summed E-state index contributed by atoms with van der Waals surface area (Å²) < 4.78 is 34.2. The van der Waals surface area contributed by atoms with Crippen LogP contribution >= 0.6 is 0 Å². The largest absolute Gasteiger partial charge is 0.380 e. The van der Waals surface area contributed by atoms with Gasteiger partial charge in [0.25, 0.3) is 10.0 Å². The van der Waals surface area contributed by atoms with Crippen molar-refractivity contribution in [3.8, 4) is 0 Å². The monoisotopic (exact) mass is 309 g/mol. The van der Waals surface area contributed by atoms with Crippen molar-refractivity contribution in [3.63, 3.8) is 0 Å². The van der Waals surface area contributed by atoms with E-state index >= 15 is 0 Å². The van der Waals surface area contributed by atoms with Crippen LogP contribution in [0.2, 0.25) is 0 Å². The molecular weight excluding hydrogens is 290 g/mol. The third kappa shape index (κ3) is 3.44. The Morgan fingerprint density at radius 3 is 2.67 bits per heavy atom. The minimum atomic E-state index is -3.65. The molecule has 1 aromatic heterocycles. The topological polar surface area (TPSA) is 86.3 Å². The fraction of sp³-hybridized carbons (Fsp3) is 0.286. The van der Waals surface area contributed by atoms with Gasteiger partial charge in [0.05, 0.1) is 12.3 Å². The average Bonchev–Trinajstić information content (AvgIpc) is 2.83. The molecule has 6 nitrogen and oxygen atoms in total.